The van der Waals surface area contributed by atoms with Crippen LogP contribution in [0.4, 0.5) is 17.6 Å². The second kappa shape index (κ2) is 5.79. The lowest BCUT2D eigenvalue weighted by Crippen LogP contribution is -2.46. The molecule has 0 radical (unpaired) electrons. The minimum Gasteiger partial charge on any atom is -0.466 e. The van der Waals surface area contributed by atoms with Gasteiger partial charge in [-0.1, -0.05) is 54.6 Å². The van der Waals surface area contributed by atoms with Gasteiger partial charge in [0.1, 0.15) is 0 Å². The summed E-state index contributed by atoms with van der Waals surface area (Å²) in [5.74, 6) is -1.99. The predicted molar refractivity (Wildman–Crippen MR) is 72.7 cm³/mol. The van der Waals surface area contributed by atoms with Crippen LogP contribution in [-0.4, -0.2) is 19.3 Å². The highest BCUT2D eigenvalue weighted by Gasteiger charge is 2.64. The van der Waals surface area contributed by atoms with Crippen LogP contribution in [0, 0.1) is 0 Å². The van der Waals surface area contributed by atoms with Gasteiger partial charge >= 0.3 is 17.8 Å². The molecule has 0 bridgehead atoms. The van der Waals surface area contributed by atoms with E-state index in [-0.39, 0.29) is 0 Å². The van der Waals surface area contributed by atoms with Gasteiger partial charge in [0, 0.05) is 5.56 Å². The van der Waals surface area contributed by atoms with Gasteiger partial charge in [0.05, 0.1) is 7.11 Å². The number of rotatable bonds is 3. The Balaban J connectivity index is 2.45. The number of hydrogen-bond donors (Lipinski definition) is 0. The van der Waals surface area contributed by atoms with Crippen LogP contribution in [0.2, 0.25) is 0 Å². The average Bonchev–Trinajstić information content (AvgIpc) is 2.53. The first-order valence-electron chi connectivity index (χ1n) is 6.30. The number of halogens is 4. The summed E-state index contributed by atoms with van der Waals surface area (Å²) >= 11 is 0. The van der Waals surface area contributed by atoms with Crippen molar-refractivity contribution >= 4 is 5.97 Å². The molecule has 0 aliphatic heterocycles. The van der Waals surface area contributed by atoms with Gasteiger partial charge < -0.3 is 4.74 Å². The average molecular weight is 312 g/mol. The molecule has 116 valence electrons. The summed E-state index contributed by atoms with van der Waals surface area (Å²) in [7, 11) is 0.709. The first-order chi connectivity index (χ1) is 10.3. The molecule has 0 N–H and O–H groups in total. The number of carbonyl (C=O) groups is 1. The van der Waals surface area contributed by atoms with Crippen LogP contribution in [0.1, 0.15) is 5.56 Å². The fraction of sp³-hybridized carbons (Fsp3) is 0.188. The quantitative estimate of drug-likeness (QED) is 0.625. The van der Waals surface area contributed by atoms with Crippen LogP contribution in [0.5, 0.6) is 0 Å². The summed E-state index contributed by atoms with van der Waals surface area (Å²) in [6, 6.07) is 13.4. The Morgan fingerprint density at radius 1 is 0.864 bits per heavy atom. The second-order valence-electron chi connectivity index (χ2n) is 4.59. The maximum absolute atomic E-state index is 14.4. The van der Waals surface area contributed by atoms with E-state index in [2.05, 4.69) is 4.74 Å². The number of benzene rings is 2. The summed E-state index contributed by atoms with van der Waals surface area (Å²) in [5, 5.41) is 0. The van der Waals surface area contributed by atoms with Crippen molar-refractivity contribution in [1.29, 1.82) is 0 Å². The van der Waals surface area contributed by atoms with Gasteiger partial charge in [-0.25, -0.2) is 9.18 Å². The molecule has 0 aliphatic carbocycles. The Morgan fingerprint density at radius 3 is 1.82 bits per heavy atom. The van der Waals surface area contributed by atoms with E-state index in [0.717, 1.165) is 17.7 Å². The number of esters is 1. The van der Waals surface area contributed by atoms with Crippen LogP contribution < -0.4 is 0 Å². The Bertz CT molecular complexity index is 650. The van der Waals surface area contributed by atoms with Crippen molar-refractivity contribution in [2.75, 3.05) is 7.11 Å². The highest BCUT2D eigenvalue weighted by Crippen LogP contribution is 2.43. The lowest BCUT2D eigenvalue weighted by atomic mass is 9.93. The van der Waals surface area contributed by atoms with Gasteiger partial charge in [-0.3, -0.25) is 0 Å². The van der Waals surface area contributed by atoms with E-state index in [1.807, 2.05) is 0 Å². The van der Waals surface area contributed by atoms with E-state index in [4.69, 9.17) is 0 Å². The fourth-order valence-electron chi connectivity index (χ4n) is 2.06. The molecule has 2 aromatic rings. The van der Waals surface area contributed by atoms with E-state index >= 15 is 0 Å². The minimum atomic E-state index is -5.41. The summed E-state index contributed by atoms with van der Waals surface area (Å²) in [4.78, 5) is 11.3. The number of methoxy groups -OCH3 is 1. The number of ether oxygens (including phenoxy) is 1. The third-order valence-electron chi connectivity index (χ3n) is 3.25. The summed E-state index contributed by atoms with van der Waals surface area (Å²) in [6.45, 7) is 0. The largest absolute Gasteiger partial charge is 0.466 e. The first kappa shape index (κ1) is 16.0. The van der Waals surface area contributed by atoms with Gasteiger partial charge in [-0.15, -0.1) is 0 Å². The molecule has 0 aromatic heterocycles. The lowest BCUT2D eigenvalue weighted by Gasteiger charge is -2.25. The summed E-state index contributed by atoms with van der Waals surface area (Å²) in [5.41, 5.74) is -3.62. The maximum atomic E-state index is 14.4. The van der Waals surface area contributed by atoms with Crippen molar-refractivity contribution in [3.05, 3.63) is 60.2 Å². The molecule has 2 aromatic carbocycles. The fourth-order valence-corrected chi connectivity index (χ4v) is 2.06. The van der Waals surface area contributed by atoms with Crippen molar-refractivity contribution in [3.8, 4) is 11.1 Å². The van der Waals surface area contributed by atoms with Crippen molar-refractivity contribution < 1.29 is 27.1 Å². The zero-order valence-electron chi connectivity index (χ0n) is 11.5. The van der Waals surface area contributed by atoms with Gasteiger partial charge in [0.15, 0.2) is 0 Å². The van der Waals surface area contributed by atoms with E-state index in [9.17, 15) is 22.4 Å². The molecule has 0 saturated heterocycles. The molecule has 6 heteroatoms. The lowest BCUT2D eigenvalue weighted by molar-refractivity contribution is -0.242. The standard InChI is InChI=1S/C16H12F4O2/c1-22-14(21)15(17,16(18,19)20)13-9-7-12(8-10-13)11-5-3-2-4-6-11/h2-10H,1H3. The molecule has 0 amide bonds. The molecular formula is C16H12F4O2. The number of hydrogen-bond acceptors (Lipinski definition) is 2. The van der Waals surface area contributed by atoms with Crippen molar-refractivity contribution in [2.45, 2.75) is 11.8 Å². The third-order valence-corrected chi connectivity index (χ3v) is 3.25. The van der Waals surface area contributed by atoms with E-state index in [1.54, 1.807) is 30.3 Å². The molecule has 1 atom stereocenters. The zero-order valence-corrected chi connectivity index (χ0v) is 11.5. The van der Waals surface area contributed by atoms with E-state index in [1.165, 1.54) is 12.1 Å². The zero-order chi connectivity index (χ0) is 16.4. The Labute approximate surface area is 124 Å². The van der Waals surface area contributed by atoms with E-state index < -0.39 is 23.4 Å². The summed E-state index contributed by atoms with van der Waals surface area (Å²) in [6.07, 6.45) is -5.41. The molecule has 0 heterocycles. The van der Waals surface area contributed by atoms with Crippen molar-refractivity contribution in [1.82, 2.24) is 0 Å². The van der Waals surface area contributed by atoms with Gasteiger partial charge in [0.25, 0.3) is 0 Å². The molecule has 0 aliphatic rings. The van der Waals surface area contributed by atoms with Crippen LogP contribution >= 0.6 is 0 Å². The second-order valence-corrected chi connectivity index (χ2v) is 4.59. The molecule has 0 saturated carbocycles. The Hall–Kier alpha value is -2.37. The molecule has 0 spiro atoms. The van der Waals surface area contributed by atoms with Crippen LogP contribution in [0.15, 0.2) is 54.6 Å². The van der Waals surface area contributed by atoms with Crippen molar-refractivity contribution in [3.63, 3.8) is 0 Å². The van der Waals surface area contributed by atoms with Crippen LogP contribution in [-0.2, 0) is 15.2 Å². The number of alkyl halides is 4. The van der Waals surface area contributed by atoms with Gasteiger partial charge in [0.2, 0.25) is 0 Å². The minimum absolute atomic E-state index is 0.610. The maximum Gasteiger partial charge on any atom is 0.437 e. The highest BCUT2D eigenvalue weighted by molar-refractivity contribution is 5.82. The highest BCUT2D eigenvalue weighted by atomic mass is 19.4. The van der Waals surface area contributed by atoms with Crippen molar-refractivity contribution in [2.24, 2.45) is 0 Å². The molecule has 2 rings (SSSR count). The Morgan fingerprint density at radius 2 is 1.36 bits per heavy atom. The summed E-state index contributed by atoms with van der Waals surface area (Å²) < 4.78 is 57.3. The van der Waals surface area contributed by atoms with Gasteiger partial charge in [-0.2, -0.15) is 13.2 Å². The molecule has 1 unspecified atom stereocenters. The van der Waals surface area contributed by atoms with E-state index in [0.29, 0.717) is 12.7 Å². The smallest absolute Gasteiger partial charge is 0.437 e. The third kappa shape index (κ3) is 2.68. The van der Waals surface area contributed by atoms with Crippen LogP contribution in [0.25, 0.3) is 11.1 Å². The predicted octanol–water partition coefficient (Wildman–Crippen LogP) is 4.25. The normalized spacial score (nSPS) is 14.2. The molecule has 2 nitrogen and oxygen atoms in total. The molecule has 22 heavy (non-hydrogen) atoms. The Kier molecular flexibility index (Phi) is 4.21. The first-order valence-corrected chi connectivity index (χ1v) is 6.30. The van der Waals surface area contributed by atoms with Crippen LogP contribution in [0.3, 0.4) is 0 Å². The monoisotopic (exact) mass is 312 g/mol. The SMILES string of the molecule is COC(=O)C(F)(c1ccc(-c2ccccc2)cc1)C(F)(F)F. The number of carbonyl (C=O) groups excluding carboxylic acids is 1. The topological polar surface area (TPSA) is 26.3 Å². The van der Waals surface area contributed by atoms with Gasteiger partial charge in [-0.05, 0) is 11.1 Å². The molecule has 0 fully saturated rings. The molecular weight excluding hydrogens is 300 g/mol.